The molecular formula is C7H6F3N3O2. The summed E-state index contributed by atoms with van der Waals surface area (Å²) in [7, 11) is 0. The summed E-state index contributed by atoms with van der Waals surface area (Å²) in [6.07, 6.45) is -4.74. The standard InChI is InChI=1S/C7H6F3N3O2/c8-7(9,10)4(1-11)3-13-5(14)2-12-6(13)15/h4H,2-3H2,(H,12,15). The predicted octanol–water partition coefficient (Wildman–Crippen LogP) is 0.240. The Morgan fingerprint density at radius 1 is 1.53 bits per heavy atom. The minimum absolute atomic E-state index is 0.325. The van der Waals surface area contributed by atoms with E-state index in [-0.39, 0.29) is 6.54 Å². The third kappa shape index (κ3) is 2.37. The van der Waals surface area contributed by atoms with E-state index in [0.717, 1.165) is 6.07 Å². The van der Waals surface area contributed by atoms with Gasteiger partial charge in [0.25, 0.3) is 0 Å². The molecule has 0 aromatic heterocycles. The molecule has 15 heavy (non-hydrogen) atoms. The molecule has 1 atom stereocenters. The number of hydrogen-bond donors (Lipinski definition) is 1. The molecule has 1 saturated heterocycles. The number of halogens is 3. The van der Waals surface area contributed by atoms with Crippen LogP contribution in [0.5, 0.6) is 0 Å². The molecule has 3 amide bonds. The van der Waals surface area contributed by atoms with Crippen LogP contribution in [-0.4, -0.2) is 36.1 Å². The largest absolute Gasteiger partial charge is 0.406 e. The number of carbonyl (C=O) groups excluding carboxylic acids is 2. The minimum Gasteiger partial charge on any atom is -0.329 e. The molecule has 1 aliphatic heterocycles. The summed E-state index contributed by atoms with van der Waals surface area (Å²) >= 11 is 0. The molecule has 82 valence electrons. The lowest BCUT2D eigenvalue weighted by molar-refractivity contribution is -0.162. The Kier molecular flexibility index (Phi) is 2.83. The van der Waals surface area contributed by atoms with E-state index in [1.165, 1.54) is 0 Å². The number of imide groups is 1. The van der Waals surface area contributed by atoms with Crippen LogP contribution in [-0.2, 0) is 4.79 Å². The summed E-state index contributed by atoms with van der Waals surface area (Å²) in [5, 5.41) is 10.3. The zero-order valence-electron chi connectivity index (χ0n) is 7.34. The summed E-state index contributed by atoms with van der Waals surface area (Å²) < 4.78 is 36.4. The van der Waals surface area contributed by atoms with Crippen LogP contribution in [0.15, 0.2) is 0 Å². The first-order chi connectivity index (χ1) is 6.86. The van der Waals surface area contributed by atoms with Gasteiger partial charge in [-0.15, -0.1) is 0 Å². The molecule has 0 radical (unpaired) electrons. The van der Waals surface area contributed by atoms with Crippen LogP contribution >= 0.6 is 0 Å². The van der Waals surface area contributed by atoms with E-state index < -0.39 is 30.6 Å². The van der Waals surface area contributed by atoms with Crippen LogP contribution in [0.2, 0.25) is 0 Å². The summed E-state index contributed by atoms with van der Waals surface area (Å²) in [5.74, 6) is -3.10. The number of rotatable bonds is 2. The van der Waals surface area contributed by atoms with Gasteiger partial charge in [-0.2, -0.15) is 18.4 Å². The van der Waals surface area contributed by atoms with E-state index >= 15 is 0 Å². The second-order valence-corrected chi connectivity index (χ2v) is 2.89. The van der Waals surface area contributed by atoms with Gasteiger partial charge in [-0.05, 0) is 0 Å². The highest BCUT2D eigenvalue weighted by molar-refractivity contribution is 6.01. The predicted molar refractivity (Wildman–Crippen MR) is 40.3 cm³/mol. The van der Waals surface area contributed by atoms with Gasteiger partial charge >= 0.3 is 12.2 Å². The Labute approximate surface area is 82.4 Å². The molecule has 1 N–H and O–H groups in total. The molecule has 0 aromatic rings. The van der Waals surface area contributed by atoms with Crippen molar-refractivity contribution < 1.29 is 22.8 Å². The van der Waals surface area contributed by atoms with Crippen molar-refractivity contribution in [2.45, 2.75) is 6.18 Å². The summed E-state index contributed by atoms with van der Waals surface area (Å²) in [6.45, 7) is -1.28. The lowest BCUT2D eigenvalue weighted by atomic mass is 10.1. The number of nitrogens with one attached hydrogen (secondary N) is 1. The third-order valence-electron chi connectivity index (χ3n) is 1.85. The molecule has 1 rings (SSSR count). The maximum atomic E-state index is 12.1. The van der Waals surface area contributed by atoms with Crippen molar-refractivity contribution in [3.05, 3.63) is 0 Å². The Morgan fingerprint density at radius 3 is 2.47 bits per heavy atom. The van der Waals surface area contributed by atoms with Gasteiger partial charge in [-0.1, -0.05) is 0 Å². The van der Waals surface area contributed by atoms with Gasteiger partial charge in [0.2, 0.25) is 5.91 Å². The van der Waals surface area contributed by atoms with E-state index in [2.05, 4.69) is 5.32 Å². The van der Waals surface area contributed by atoms with Crippen LogP contribution in [0.3, 0.4) is 0 Å². The highest BCUT2D eigenvalue weighted by atomic mass is 19.4. The average Bonchev–Trinajstić information content (AvgIpc) is 2.41. The molecule has 5 nitrogen and oxygen atoms in total. The zero-order valence-corrected chi connectivity index (χ0v) is 7.34. The van der Waals surface area contributed by atoms with Crippen LogP contribution < -0.4 is 5.32 Å². The van der Waals surface area contributed by atoms with E-state index in [1.807, 2.05) is 0 Å². The van der Waals surface area contributed by atoms with Crippen LogP contribution in [0.1, 0.15) is 0 Å². The highest BCUT2D eigenvalue weighted by Crippen LogP contribution is 2.26. The fraction of sp³-hybridized carbons (Fsp3) is 0.571. The fourth-order valence-corrected chi connectivity index (χ4v) is 1.04. The lowest BCUT2D eigenvalue weighted by Gasteiger charge is -2.18. The molecule has 0 spiro atoms. The molecule has 1 unspecified atom stereocenters. The minimum atomic E-state index is -4.74. The van der Waals surface area contributed by atoms with Crippen LogP contribution in [0.4, 0.5) is 18.0 Å². The van der Waals surface area contributed by atoms with Crippen molar-refractivity contribution in [1.29, 1.82) is 5.26 Å². The van der Waals surface area contributed by atoms with Crippen molar-refractivity contribution in [1.82, 2.24) is 10.2 Å². The van der Waals surface area contributed by atoms with Gasteiger partial charge in [0.05, 0.1) is 19.2 Å². The molecule has 0 aromatic carbocycles. The number of nitriles is 1. The van der Waals surface area contributed by atoms with E-state index in [0.29, 0.717) is 4.90 Å². The smallest absolute Gasteiger partial charge is 0.329 e. The Morgan fingerprint density at radius 2 is 2.13 bits per heavy atom. The summed E-state index contributed by atoms with van der Waals surface area (Å²) in [4.78, 5) is 22.2. The van der Waals surface area contributed by atoms with Crippen LogP contribution in [0.25, 0.3) is 0 Å². The van der Waals surface area contributed by atoms with Crippen molar-refractivity contribution >= 4 is 11.9 Å². The first-order valence-electron chi connectivity index (χ1n) is 3.90. The maximum absolute atomic E-state index is 12.1. The second-order valence-electron chi connectivity index (χ2n) is 2.89. The van der Waals surface area contributed by atoms with E-state index in [9.17, 15) is 22.8 Å². The molecule has 0 aliphatic carbocycles. The number of carbonyl (C=O) groups is 2. The molecule has 8 heteroatoms. The first kappa shape index (κ1) is 11.3. The topological polar surface area (TPSA) is 73.2 Å². The number of alkyl halides is 3. The number of amides is 3. The Bertz CT molecular complexity index is 317. The van der Waals surface area contributed by atoms with Gasteiger partial charge in [0, 0.05) is 0 Å². The number of nitrogens with zero attached hydrogens (tertiary/aromatic N) is 2. The third-order valence-corrected chi connectivity index (χ3v) is 1.85. The van der Waals surface area contributed by atoms with E-state index in [1.54, 1.807) is 0 Å². The van der Waals surface area contributed by atoms with Crippen LogP contribution in [0, 0.1) is 17.2 Å². The normalized spacial score (nSPS) is 18.7. The van der Waals surface area contributed by atoms with Gasteiger partial charge < -0.3 is 5.32 Å². The Hall–Kier alpha value is -1.78. The van der Waals surface area contributed by atoms with Crippen molar-refractivity contribution in [2.75, 3.05) is 13.1 Å². The molecule has 1 aliphatic rings. The van der Waals surface area contributed by atoms with E-state index in [4.69, 9.17) is 5.26 Å². The summed E-state index contributed by atoms with van der Waals surface area (Å²) in [5.41, 5.74) is 0. The SMILES string of the molecule is N#CC(CN1C(=O)CNC1=O)C(F)(F)F. The maximum Gasteiger partial charge on any atom is 0.406 e. The Balaban J connectivity index is 2.72. The van der Waals surface area contributed by atoms with Gasteiger partial charge in [-0.3, -0.25) is 9.69 Å². The first-order valence-corrected chi connectivity index (χ1v) is 3.90. The molecule has 1 heterocycles. The molecule has 0 saturated carbocycles. The van der Waals surface area contributed by atoms with Gasteiger partial charge in [0.15, 0.2) is 5.92 Å². The summed E-state index contributed by atoms with van der Waals surface area (Å²) in [6, 6.07) is 0.113. The monoisotopic (exact) mass is 221 g/mol. The average molecular weight is 221 g/mol. The van der Waals surface area contributed by atoms with Crippen molar-refractivity contribution in [3.8, 4) is 6.07 Å². The molecule has 0 bridgehead atoms. The fourth-order valence-electron chi connectivity index (χ4n) is 1.04. The second kappa shape index (κ2) is 3.76. The zero-order chi connectivity index (χ0) is 11.6. The molecular weight excluding hydrogens is 215 g/mol. The quantitative estimate of drug-likeness (QED) is 0.679. The highest BCUT2D eigenvalue weighted by Gasteiger charge is 2.44. The van der Waals surface area contributed by atoms with Gasteiger partial charge in [-0.25, -0.2) is 4.79 Å². The number of hydrogen-bond acceptors (Lipinski definition) is 3. The molecule has 1 fully saturated rings. The van der Waals surface area contributed by atoms with Crippen molar-refractivity contribution in [2.24, 2.45) is 5.92 Å². The van der Waals surface area contributed by atoms with Crippen molar-refractivity contribution in [3.63, 3.8) is 0 Å². The number of urea groups is 1. The lowest BCUT2D eigenvalue weighted by Crippen LogP contribution is -2.39. The van der Waals surface area contributed by atoms with Gasteiger partial charge in [0.1, 0.15) is 0 Å².